The van der Waals surface area contributed by atoms with Crippen molar-refractivity contribution in [3.05, 3.63) is 58.7 Å². The van der Waals surface area contributed by atoms with E-state index in [1.54, 1.807) is 32.4 Å². The molecule has 172 valence electrons. The largest absolute Gasteiger partial charge is 0.495 e. The van der Waals surface area contributed by atoms with Gasteiger partial charge in [-0.3, -0.25) is 19.5 Å². The highest BCUT2D eigenvalue weighted by molar-refractivity contribution is 6.31. The van der Waals surface area contributed by atoms with E-state index in [0.717, 1.165) is 27.8 Å². The summed E-state index contributed by atoms with van der Waals surface area (Å²) in [4.78, 5) is 31.6. The SMILES string of the molecule is CNC(=O)CNc1c2c(nc3ccccc13)CCN(CC(=O)Nc1cc(Cl)ccc1OC)C2. The molecule has 0 saturated heterocycles. The van der Waals surface area contributed by atoms with Crippen LogP contribution in [0.3, 0.4) is 0 Å². The normalized spacial score (nSPS) is 13.3. The number of halogens is 1. The van der Waals surface area contributed by atoms with Crippen LogP contribution in [0.15, 0.2) is 42.5 Å². The van der Waals surface area contributed by atoms with E-state index < -0.39 is 0 Å². The smallest absolute Gasteiger partial charge is 0.239 e. The van der Waals surface area contributed by atoms with Crippen molar-refractivity contribution in [1.29, 1.82) is 0 Å². The topological polar surface area (TPSA) is 95.6 Å². The maximum absolute atomic E-state index is 12.8. The van der Waals surface area contributed by atoms with E-state index in [9.17, 15) is 9.59 Å². The predicted octanol–water partition coefficient (Wildman–Crippen LogP) is 3.05. The van der Waals surface area contributed by atoms with Gasteiger partial charge in [0.15, 0.2) is 0 Å². The molecule has 0 atom stereocenters. The lowest BCUT2D eigenvalue weighted by Crippen LogP contribution is -2.38. The molecule has 9 heteroatoms. The molecule has 8 nitrogen and oxygen atoms in total. The number of amides is 2. The van der Waals surface area contributed by atoms with Crippen molar-refractivity contribution in [1.82, 2.24) is 15.2 Å². The fourth-order valence-electron chi connectivity index (χ4n) is 4.01. The Morgan fingerprint density at radius 2 is 2.00 bits per heavy atom. The number of aromatic nitrogens is 1. The van der Waals surface area contributed by atoms with E-state index in [1.807, 2.05) is 24.3 Å². The van der Waals surface area contributed by atoms with Crippen molar-refractivity contribution in [2.24, 2.45) is 0 Å². The van der Waals surface area contributed by atoms with Gasteiger partial charge in [-0.2, -0.15) is 0 Å². The molecule has 0 aliphatic carbocycles. The Morgan fingerprint density at radius 1 is 1.18 bits per heavy atom. The van der Waals surface area contributed by atoms with Crippen LogP contribution < -0.4 is 20.7 Å². The second kappa shape index (κ2) is 10.1. The van der Waals surface area contributed by atoms with Crippen LogP contribution in [0.25, 0.3) is 10.9 Å². The third-order valence-corrected chi connectivity index (χ3v) is 5.87. The van der Waals surface area contributed by atoms with Crippen molar-refractivity contribution in [2.75, 3.05) is 44.4 Å². The molecule has 0 fully saturated rings. The summed E-state index contributed by atoms with van der Waals surface area (Å²) >= 11 is 6.07. The molecule has 33 heavy (non-hydrogen) atoms. The lowest BCUT2D eigenvalue weighted by molar-refractivity contribution is -0.119. The zero-order valence-corrected chi connectivity index (χ0v) is 19.3. The molecule has 1 aromatic heterocycles. The standard InChI is InChI=1S/C24H26ClN5O3/c1-26-22(31)12-27-24-16-5-3-4-6-18(16)28-19-9-10-30(13-17(19)24)14-23(32)29-20-11-15(25)7-8-21(20)33-2/h3-8,11H,9-10,12-14H2,1-2H3,(H,26,31)(H,27,28)(H,29,32). The van der Waals surface area contributed by atoms with Crippen molar-refractivity contribution >= 4 is 45.7 Å². The van der Waals surface area contributed by atoms with Crippen LogP contribution in [0.1, 0.15) is 11.3 Å². The summed E-state index contributed by atoms with van der Waals surface area (Å²) in [6.07, 6.45) is 0.711. The number of nitrogens with one attached hydrogen (secondary N) is 3. The average molecular weight is 468 g/mol. The van der Waals surface area contributed by atoms with Gasteiger partial charge in [0.05, 0.1) is 37.1 Å². The summed E-state index contributed by atoms with van der Waals surface area (Å²) in [5.41, 5.74) is 4.31. The highest BCUT2D eigenvalue weighted by Crippen LogP contribution is 2.32. The number of rotatable bonds is 7. The Hall–Kier alpha value is -3.36. The predicted molar refractivity (Wildman–Crippen MR) is 130 cm³/mol. The molecule has 0 unspecified atom stereocenters. The second-order valence-electron chi connectivity index (χ2n) is 7.81. The van der Waals surface area contributed by atoms with Gasteiger partial charge < -0.3 is 20.7 Å². The second-order valence-corrected chi connectivity index (χ2v) is 8.25. The van der Waals surface area contributed by atoms with Gasteiger partial charge >= 0.3 is 0 Å². The Balaban J connectivity index is 1.55. The lowest BCUT2D eigenvalue weighted by Gasteiger charge is -2.30. The van der Waals surface area contributed by atoms with Gasteiger partial charge in [0.25, 0.3) is 0 Å². The number of carbonyl (C=O) groups excluding carboxylic acids is 2. The Labute approximate surface area is 197 Å². The first-order chi connectivity index (χ1) is 16.0. The van der Waals surface area contributed by atoms with Gasteiger partial charge in [0.1, 0.15) is 5.75 Å². The first-order valence-corrected chi connectivity index (χ1v) is 11.1. The molecule has 0 radical (unpaired) electrons. The first-order valence-electron chi connectivity index (χ1n) is 10.7. The first kappa shape index (κ1) is 22.8. The number of benzene rings is 2. The van der Waals surface area contributed by atoms with E-state index in [4.69, 9.17) is 21.3 Å². The molecular weight excluding hydrogens is 442 g/mol. The highest BCUT2D eigenvalue weighted by Gasteiger charge is 2.24. The van der Waals surface area contributed by atoms with Crippen LogP contribution in [0.2, 0.25) is 5.02 Å². The Bertz CT molecular complexity index is 1200. The number of fused-ring (bicyclic) bond motifs is 2. The fourth-order valence-corrected chi connectivity index (χ4v) is 4.18. The zero-order valence-electron chi connectivity index (χ0n) is 18.6. The molecule has 2 aromatic carbocycles. The molecule has 1 aliphatic heterocycles. The lowest BCUT2D eigenvalue weighted by atomic mass is 9.99. The van der Waals surface area contributed by atoms with Crippen LogP contribution >= 0.6 is 11.6 Å². The number of pyridine rings is 1. The molecule has 0 saturated carbocycles. The number of likely N-dealkylation sites (N-methyl/N-ethyl adjacent to an activating group) is 1. The summed E-state index contributed by atoms with van der Waals surface area (Å²) in [5.74, 6) is 0.285. The van der Waals surface area contributed by atoms with E-state index in [0.29, 0.717) is 36.0 Å². The monoisotopic (exact) mass is 467 g/mol. The molecule has 3 aromatic rings. The van der Waals surface area contributed by atoms with Crippen LogP contribution in [-0.4, -0.2) is 55.5 Å². The summed E-state index contributed by atoms with van der Waals surface area (Å²) in [5, 5.41) is 10.3. The molecular formula is C24H26ClN5O3. The van der Waals surface area contributed by atoms with Crippen molar-refractivity contribution in [3.8, 4) is 5.75 Å². The Kier molecular flexibility index (Phi) is 6.96. The number of hydrogen-bond acceptors (Lipinski definition) is 6. The minimum atomic E-state index is -0.160. The highest BCUT2D eigenvalue weighted by atomic mass is 35.5. The van der Waals surface area contributed by atoms with Crippen LogP contribution in [-0.2, 0) is 22.6 Å². The summed E-state index contributed by atoms with van der Waals surface area (Å²) in [6.45, 7) is 1.61. The minimum Gasteiger partial charge on any atom is -0.495 e. The molecule has 2 amide bonds. The van der Waals surface area contributed by atoms with Gasteiger partial charge in [-0.15, -0.1) is 0 Å². The van der Waals surface area contributed by atoms with Crippen LogP contribution in [0, 0.1) is 0 Å². The van der Waals surface area contributed by atoms with Crippen molar-refractivity contribution < 1.29 is 14.3 Å². The van der Waals surface area contributed by atoms with Gasteiger partial charge in [0.2, 0.25) is 11.8 Å². The van der Waals surface area contributed by atoms with Crippen molar-refractivity contribution in [3.63, 3.8) is 0 Å². The quantitative estimate of drug-likeness (QED) is 0.494. The third-order valence-electron chi connectivity index (χ3n) is 5.63. The van der Waals surface area contributed by atoms with Gasteiger partial charge in [-0.05, 0) is 24.3 Å². The van der Waals surface area contributed by atoms with E-state index in [2.05, 4.69) is 20.9 Å². The van der Waals surface area contributed by atoms with E-state index >= 15 is 0 Å². The fraction of sp³-hybridized carbons (Fsp3) is 0.292. The van der Waals surface area contributed by atoms with Crippen LogP contribution in [0.4, 0.5) is 11.4 Å². The summed E-state index contributed by atoms with van der Waals surface area (Å²) in [7, 11) is 3.16. The number of ether oxygens (including phenoxy) is 1. The number of hydrogen-bond donors (Lipinski definition) is 3. The minimum absolute atomic E-state index is 0.104. The summed E-state index contributed by atoms with van der Waals surface area (Å²) in [6, 6.07) is 13.0. The average Bonchev–Trinajstić information content (AvgIpc) is 2.81. The summed E-state index contributed by atoms with van der Waals surface area (Å²) < 4.78 is 5.31. The van der Waals surface area contributed by atoms with Gasteiger partial charge in [-0.1, -0.05) is 29.8 Å². The number of methoxy groups -OCH3 is 1. The number of nitrogens with zero attached hydrogens (tertiary/aromatic N) is 2. The third kappa shape index (κ3) is 5.18. The molecule has 0 bridgehead atoms. The van der Waals surface area contributed by atoms with E-state index in [-0.39, 0.29) is 24.9 Å². The van der Waals surface area contributed by atoms with Crippen molar-refractivity contribution in [2.45, 2.75) is 13.0 Å². The molecule has 0 spiro atoms. The van der Waals surface area contributed by atoms with E-state index in [1.165, 1.54) is 0 Å². The number of carbonyl (C=O) groups is 2. The Morgan fingerprint density at radius 3 is 2.79 bits per heavy atom. The molecule has 3 N–H and O–H groups in total. The number of anilines is 2. The van der Waals surface area contributed by atoms with Crippen LogP contribution in [0.5, 0.6) is 5.75 Å². The molecule has 1 aliphatic rings. The zero-order chi connectivity index (χ0) is 23.4. The molecule has 2 heterocycles. The van der Waals surface area contributed by atoms with Gasteiger partial charge in [-0.25, -0.2) is 0 Å². The number of para-hydroxylation sites is 1. The molecule has 4 rings (SSSR count). The maximum atomic E-state index is 12.8. The van der Waals surface area contributed by atoms with Gasteiger partial charge in [0, 0.05) is 48.2 Å². The maximum Gasteiger partial charge on any atom is 0.239 e.